The molecule has 0 saturated heterocycles. The number of hydrogen-bond acceptors (Lipinski definition) is 2. The molecule has 1 N–H and O–H groups in total. The first kappa shape index (κ1) is 16.0. The summed E-state index contributed by atoms with van der Waals surface area (Å²) in [6.45, 7) is 9.30. The Labute approximate surface area is 118 Å². The molecule has 1 aromatic carbocycles. The van der Waals surface area contributed by atoms with E-state index >= 15 is 0 Å². The molecule has 0 bridgehead atoms. The van der Waals surface area contributed by atoms with Crippen LogP contribution in [-0.2, 0) is 6.42 Å². The van der Waals surface area contributed by atoms with E-state index in [1.54, 1.807) is 7.11 Å². The maximum Gasteiger partial charge on any atom is 0.118 e. The van der Waals surface area contributed by atoms with Crippen LogP contribution in [0.4, 0.5) is 0 Å². The monoisotopic (exact) mass is 263 g/mol. The van der Waals surface area contributed by atoms with Gasteiger partial charge in [0.2, 0.25) is 0 Å². The first-order valence-electron chi connectivity index (χ1n) is 7.17. The number of nitrogens with one attached hydrogen (secondary N) is 1. The number of methoxy groups -OCH3 is 1. The minimum Gasteiger partial charge on any atom is -0.497 e. The van der Waals surface area contributed by atoms with Crippen molar-refractivity contribution in [3.63, 3.8) is 0 Å². The Kier molecular flexibility index (Phi) is 5.86. The molecule has 1 rings (SSSR count). The molecule has 2 atom stereocenters. The molecule has 0 heterocycles. The van der Waals surface area contributed by atoms with Gasteiger partial charge in [-0.15, -0.1) is 0 Å². The maximum absolute atomic E-state index is 5.19. The summed E-state index contributed by atoms with van der Waals surface area (Å²) < 4.78 is 5.19. The molecule has 2 heteroatoms. The quantitative estimate of drug-likeness (QED) is 0.840. The second-order valence-corrected chi connectivity index (χ2v) is 6.54. The molecule has 0 aliphatic carbocycles. The highest BCUT2D eigenvalue weighted by atomic mass is 16.5. The van der Waals surface area contributed by atoms with Gasteiger partial charge in [0.05, 0.1) is 7.11 Å². The van der Waals surface area contributed by atoms with E-state index in [1.807, 2.05) is 12.1 Å². The van der Waals surface area contributed by atoms with Crippen molar-refractivity contribution in [3.05, 3.63) is 29.8 Å². The van der Waals surface area contributed by atoms with Gasteiger partial charge in [-0.1, -0.05) is 39.8 Å². The average molecular weight is 263 g/mol. The molecule has 2 unspecified atom stereocenters. The van der Waals surface area contributed by atoms with Gasteiger partial charge in [0.1, 0.15) is 5.75 Å². The topological polar surface area (TPSA) is 21.3 Å². The van der Waals surface area contributed by atoms with E-state index in [1.165, 1.54) is 12.0 Å². The van der Waals surface area contributed by atoms with Crippen molar-refractivity contribution in [1.29, 1.82) is 0 Å². The van der Waals surface area contributed by atoms with Crippen LogP contribution in [0.1, 0.15) is 39.7 Å². The van der Waals surface area contributed by atoms with Crippen molar-refractivity contribution in [2.24, 2.45) is 11.3 Å². The zero-order valence-corrected chi connectivity index (χ0v) is 13.3. The third-order valence-corrected chi connectivity index (χ3v) is 4.17. The third-order valence-electron chi connectivity index (χ3n) is 4.17. The van der Waals surface area contributed by atoms with Gasteiger partial charge >= 0.3 is 0 Å². The van der Waals surface area contributed by atoms with Crippen LogP contribution in [0.3, 0.4) is 0 Å². The van der Waals surface area contributed by atoms with Crippen LogP contribution in [0.15, 0.2) is 24.3 Å². The summed E-state index contributed by atoms with van der Waals surface area (Å²) in [6.07, 6.45) is 2.27. The summed E-state index contributed by atoms with van der Waals surface area (Å²) in [4.78, 5) is 0. The molecule has 0 saturated carbocycles. The molecule has 2 nitrogen and oxygen atoms in total. The molecule has 108 valence electrons. The highest BCUT2D eigenvalue weighted by Gasteiger charge is 2.23. The molecular formula is C17H29NO. The van der Waals surface area contributed by atoms with Crippen LogP contribution in [0.25, 0.3) is 0 Å². The van der Waals surface area contributed by atoms with Gasteiger partial charge in [-0.25, -0.2) is 0 Å². The Morgan fingerprint density at radius 2 is 1.74 bits per heavy atom. The average Bonchev–Trinajstić information content (AvgIpc) is 2.37. The first-order valence-corrected chi connectivity index (χ1v) is 7.17. The maximum atomic E-state index is 5.19. The molecule has 0 spiro atoms. The molecule has 19 heavy (non-hydrogen) atoms. The summed E-state index contributed by atoms with van der Waals surface area (Å²) in [7, 11) is 3.76. The summed E-state index contributed by atoms with van der Waals surface area (Å²) >= 11 is 0. The molecule has 0 radical (unpaired) electrons. The van der Waals surface area contributed by atoms with Crippen molar-refractivity contribution < 1.29 is 4.74 Å². The van der Waals surface area contributed by atoms with E-state index in [4.69, 9.17) is 4.74 Å². The predicted molar refractivity (Wildman–Crippen MR) is 82.8 cm³/mol. The Morgan fingerprint density at radius 1 is 1.16 bits per heavy atom. The lowest BCUT2D eigenvalue weighted by Crippen LogP contribution is -2.33. The number of benzene rings is 1. The zero-order chi connectivity index (χ0) is 14.5. The highest BCUT2D eigenvalue weighted by Crippen LogP contribution is 2.29. The number of ether oxygens (including phenoxy) is 1. The minimum absolute atomic E-state index is 0.370. The number of likely N-dealkylation sites (N-methyl/N-ethyl adjacent to an activating group) is 1. The fourth-order valence-corrected chi connectivity index (χ4v) is 2.13. The summed E-state index contributed by atoms with van der Waals surface area (Å²) in [6, 6.07) is 8.92. The lowest BCUT2D eigenvalue weighted by atomic mass is 9.78. The van der Waals surface area contributed by atoms with E-state index in [2.05, 4.69) is 52.2 Å². The molecule has 0 aliphatic rings. The normalized spacial score (nSPS) is 15.1. The fourth-order valence-electron chi connectivity index (χ4n) is 2.13. The zero-order valence-electron chi connectivity index (χ0n) is 13.3. The second-order valence-electron chi connectivity index (χ2n) is 6.54. The van der Waals surface area contributed by atoms with E-state index in [0.717, 1.165) is 12.2 Å². The van der Waals surface area contributed by atoms with Gasteiger partial charge in [0, 0.05) is 6.04 Å². The number of hydrogen-bond donors (Lipinski definition) is 1. The molecule has 0 amide bonds. The van der Waals surface area contributed by atoms with Crippen molar-refractivity contribution in [1.82, 2.24) is 5.32 Å². The number of rotatable bonds is 6. The van der Waals surface area contributed by atoms with E-state index in [9.17, 15) is 0 Å². The van der Waals surface area contributed by atoms with Gasteiger partial charge in [0.25, 0.3) is 0 Å². The van der Waals surface area contributed by atoms with Crippen LogP contribution in [0.5, 0.6) is 5.75 Å². The van der Waals surface area contributed by atoms with E-state index in [0.29, 0.717) is 17.4 Å². The Hall–Kier alpha value is -1.02. The largest absolute Gasteiger partial charge is 0.497 e. The van der Waals surface area contributed by atoms with Crippen molar-refractivity contribution in [2.75, 3.05) is 14.2 Å². The van der Waals surface area contributed by atoms with Crippen LogP contribution in [-0.4, -0.2) is 20.2 Å². The van der Waals surface area contributed by atoms with Crippen molar-refractivity contribution >= 4 is 0 Å². The molecule has 1 aromatic rings. The summed E-state index contributed by atoms with van der Waals surface area (Å²) in [5, 5.41) is 3.45. The van der Waals surface area contributed by atoms with Gasteiger partial charge < -0.3 is 10.1 Å². The Bertz CT molecular complexity index is 364. The van der Waals surface area contributed by atoms with Crippen molar-refractivity contribution in [3.8, 4) is 5.75 Å². The van der Waals surface area contributed by atoms with Crippen LogP contribution in [0, 0.1) is 11.3 Å². The lowest BCUT2D eigenvalue weighted by Gasteiger charge is -2.30. The van der Waals surface area contributed by atoms with Crippen LogP contribution in [0.2, 0.25) is 0 Å². The standard InChI is InChI=1S/C17H29NO/c1-13(17(2,3)4)11-15(18-5)12-14-7-9-16(19-6)10-8-14/h7-10,13,15,18H,11-12H2,1-6H3. The Balaban J connectivity index is 2.60. The van der Waals surface area contributed by atoms with Gasteiger partial charge in [-0.2, -0.15) is 0 Å². The van der Waals surface area contributed by atoms with Gasteiger partial charge in [-0.05, 0) is 48.9 Å². The molecular weight excluding hydrogens is 234 g/mol. The van der Waals surface area contributed by atoms with Gasteiger partial charge in [0.15, 0.2) is 0 Å². The third kappa shape index (κ3) is 5.23. The molecule has 0 aromatic heterocycles. The second kappa shape index (κ2) is 6.95. The van der Waals surface area contributed by atoms with Crippen LogP contribution < -0.4 is 10.1 Å². The predicted octanol–water partition coefficient (Wildman–Crippen LogP) is 3.90. The van der Waals surface area contributed by atoms with Gasteiger partial charge in [-0.3, -0.25) is 0 Å². The highest BCUT2D eigenvalue weighted by molar-refractivity contribution is 5.27. The first-order chi connectivity index (χ1) is 8.86. The lowest BCUT2D eigenvalue weighted by molar-refractivity contribution is 0.225. The smallest absolute Gasteiger partial charge is 0.118 e. The van der Waals surface area contributed by atoms with E-state index in [-0.39, 0.29) is 0 Å². The molecule has 0 aliphatic heterocycles. The fraction of sp³-hybridized carbons (Fsp3) is 0.647. The molecule has 0 fully saturated rings. The van der Waals surface area contributed by atoms with E-state index < -0.39 is 0 Å². The van der Waals surface area contributed by atoms with Crippen LogP contribution >= 0.6 is 0 Å². The minimum atomic E-state index is 0.370. The summed E-state index contributed by atoms with van der Waals surface area (Å²) in [5.74, 6) is 1.62. The Morgan fingerprint density at radius 3 is 2.16 bits per heavy atom. The summed E-state index contributed by atoms with van der Waals surface area (Å²) in [5.41, 5.74) is 1.73. The SMILES string of the molecule is CNC(Cc1ccc(OC)cc1)CC(C)C(C)(C)C. The van der Waals surface area contributed by atoms with Crippen molar-refractivity contribution in [2.45, 2.75) is 46.6 Å².